The Balaban J connectivity index is 1.69. The van der Waals surface area contributed by atoms with Crippen molar-refractivity contribution >= 4 is 23.2 Å². The molecule has 4 aliphatic rings. The van der Waals surface area contributed by atoms with Crippen LogP contribution in [0.5, 0.6) is 0 Å². The fourth-order valence-electron chi connectivity index (χ4n) is 7.99. The number of carbonyl (C=O) groups is 3. The molecule has 6 heteroatoms. The van der Waals surface area contributed by atoms with Crippen molar-refractivity contribution < 1.29 is 23.5 Å². The normalized spacial score (nSPS) is 33.3. The van der Waals surface area contributed by atoms with Gasteiger partial charge in [0.05, 0.1) is 0 Å². The predicted octanol–water partition coefficient (Wildman–Crippen LogP) is 5.49. The minimum absolute atomic E-state index is 0.0137. The Morgan fingerprint density at radius 2 is 1.83 bits per heavy atom. The van der Waals surface area contributed by atoms with Crippen molar-refractivity contribution in [3.63, 3.8) is 0 Å². The maximum Gasteiger partial charge on any atom is 0.303 e. The fraction of sp³-hybridized carbons (Fsp3) is 0.567. The average Bonchev–Trinajstić information content (AvgIpc) is 3.14. The highest BCUT2D eigenvalue weighted by molar-refractivity contribution is 5.93. The van der Waals surface area contributed by atoms with E-state index in [9.17, 15) is 18.8 Å². The summed E-state index contributed by atoms with van der Waals surface area (Å²) in [5.74, 6) is -0.600. The van der Waals surface area contributed by atoms with Crippen LogP contribution in [0, 0.1) is 17.3 Å². The van der Waals surface area contributed by atoms with Crippen LogP contribution in [0.25, 0.3) is 0 Å². The molecule has 3 unspecified atom stereocenters. The number of halogens is 1. The monoisotopic (exact) mass is 493 g/mol. The number of alkyl halides is 1. The first kappa shape index (κ1) is 24.9. The topological polar surface area (TPSA) is 63.7 Å². The van der Waals surface area contributed by atoms with Gasteiger partial charge in [-0.2, -0.15) is 0 Å². The van der Waals surface area contributed by atoms with Crippen molar-refractivity contribution in [2.24, 2.45) is 17.3 Å². The molecule has 0 N–H and O–H groups in total. The smallest absolute Gasteiger partial charge is 0.303 e. The number of benzene rings is 1. The Hall–Kier alpha value is -2.76. The molecular weight excluding hydrogens is 457 g/mol. The lowest BCUT2D eigenvalue weighted by Crippen LogP contribution is -2.58. The van der Waals surface area contributed by atoms with Crippen molar-refractivity contribution in [2.45, 2.75) is 70.3 Å². The summed E-state index contributed by atoms with van der Waals surface area (Å²) >= 11 is 0. The van der Waals surface area contributed by atoms with Crippen molar-refractivity contribution in [2.75, 3.05) is 25.7 Å². The summed E-state index contributed by atoms with van der Waals surface area (Å²) in [4.78, 5) is 39.7. The number of hydrogen-bond donors (Lipinski definition) is 0. The van der Waals surface area contributed by atoms with E-state index in [1.165, 1.54) is 23.6 Å². The Bertz CT molecular complexity index is 1170. The average molecular weight is 494 g/mol. The van der Waals surface area contributed by atoms with Crippen molar-refractivity contribution in [3.05, 3.63) is 52.6 Å². The Kier molecular flexibility index (Phi) is 6.20. The molecule has 0 radical (unpaired) electrons. The summed E-state index contributed by atoms with van der Waals surface area (Å²) < 4.78 is 19.9. The summed E-state index contributed by atoms with van der Waals surface area (Å²) in [5.41, 5.74) is 4.02. The number of esters is 1. The van der Waals surface area contributed by atoms with Crippen LogP contribution < -0.4 is 4.90 Å². The van der Waals surface area contributed by atoms with E-state index in [2.05, 4.69) is 36.1 Å². The fourth-order valence-corrected chi connectivity index (χ4v) is 7.99. The number of rotatable bonds is 5. The van der Waals surface area contributed by atoms with E-state index >= 15 is 0 Å². The molecule has 0 aromatic heterocycles. The quantitative estimate of drug-likeness (QED) is 0.508. The molecule has 2 saturated carbocycles. The minimum atomic E-state index is -1.44. The van der Waals surface area contributed by atoms with Crippen LogP contribution in [0.1, 0.15) is 70.3 Å². The summed E-state index contributed by atoms with van der Waals surface area (Å²) in [6.45, 7) is 2.24. The van der Waals surface area contributed by atoms with Gasteiger partial charge in [-0.3, -0.25) is 14.4 Å². The van der Waals surface area contributed by atoms with Gasteiger partial charge in [-0.25, -0.2) is 4.39 Å². The number of carbonyl (C=O) groups excluding carboxylic acids is 3. The second-order valence-electron chi connectivity index (χ2n) is 11.5. The Morgan fingerprint density at radius 1 is 1.11 bits per heavy atom. The molecule has 1 aromatic rings. The highest BCUT2D eigenvalue weighted by Gasteiger charge is 2.68. The summed E-state index contributed by atoms with van der Waals surface area (Å²) in [6.07, 6.45) is 6.55. The van der Waals surface area contributed by atoms with E-state index in [1.54, 1.807) is 0 Å². The molecule has 4 aliphatic carbocycles. The van der Waals surface area contributed by atoms with Crippen molar-refractivity contribution in [1.82, 2.24) is 0 Å². The Labute approximate surface area is 212 Å². The van der Waals surface area contributed by atoms with Crippen molar-refractivity contribution in [1.29, 1.82) is 0 Å². The van der Waals surface area contributed by atoms with E-state index in [0.717, 1.165) is 36.9 Å². The second kappa shape index (κ2) is 8.97. The lowest BCUT2D eigenvalue weighted by Gasteiger charge is -2.55. The third-order valence-corrected chi connectivity index (χ3v) is 9.56. The van der Waals surface area contributed by atoms with Gasteiger partial charge in [0.15, 0.2) is 18.1 Å². The van der Waals surface area contributed by atoms with Gasteiger partial charge in [0.2, 0.25) is 5.78 Å². The summed E-state index contributed by atoms with van der Waals surface area (Å²) in [6, 6.07) is 8.52. The van der Waals surface area contributed by atoms with Gasteiger partial charge in [-0.15, -0.1) is 0 Å². The van der Waals surface area contributed by atoms with Crippen LogP contribution in [0.4, 0.5) is 10.1 Å². The van der Waals surface area contributed by atoms with Gasteiger partial charge in [0.25, 0.3) is 0 Å². The lowest BCUT2D eigenvalue weighted by atomic mass is 9.50. The molecule has 0 aliphatic heterocycles. The number of fused-ring (bicyclic) bond motifs is 4. The zero-order valence-corrected chi connectivity index (χ0v) is 21.7. The standard InChI is InChI=1S/C30H36FNO4/c1-18(33)36-30(27(35)17-31)14-13-26-24-11-7-20-15-22(34)10-12-23(20)28(24)25(16-29(26,30)2)19-5-8-21(9-6-19)32(3)4/h5-6,8-9,15,24-26H,7,10-14,16-17H2,1-4H3/t24?,25?,26?,29-,30+/m0/s1. The van der Waals surface area contributed by atoms with Crippen LogP contribution in [0.3, 0.4) is 0 Å². The molecule has 0 spiro atoms. The molecule has 192 valence electrons. The maximum absolute atomic E-state index is 14.0. The molecule has 36 heavy (non-hydrogen) atoms. The third-order valence-electron chi connectivity index (χ3n) is 9.56. The maximum atomic E-state index is 14.0. The van der Waals surface area contributed by atoms with Gasteiger partial charge in [0, 0.05) is 44.5 Å². The van der Waals surface area contributed by atoms with Crippen molar-refractivity contribution in [3.8, 4) is 0 Å². The van der Waals surface area contributed by atoms with Crippen LogP contribution >= 0.6 is 0 Å². The first-order chi connectivity index (χ1) is 17.1. The van der Waals surface area contributed by atoms with Gasteiger partial charge in [0.1, 0.15) is 0 Å². The van der Waals surface area contributed by atoms with E-state index in [1.807, 2.05) is 20.2 Å². The van der Waals surface area contributed by atoms with E-state index in [4.69, 9.17) is 4.74 Å². The van der Waals surface area contributed by atoms with E-state index in [0.29, 0.717) is 19.3 Å². The molecule has 1 aromatic carbocycles. The van der Waals surface area contributed by atoms with Gasteiger partial charge in [-0.05, 0) is 85.3 Å². The lowest BCUT2D eigenvalue weighted by molar-refractivity contribution is -0.184. The highest BCUT2D eigenvalue weighted by atomic mass is 19.1. The van der Waals surface area contributed by atoms with Gasteiger partial charge >= 0.3 is 5.97 Å². The number of allylic oxidation sites excluding steroid dienone is 4. The number of ketones is 2. The first-order valence-electron chi connectivity index (χ1n) is 13.1. The van der Waals surface area contributed by atoms with E-state index in [-0.39, 0.29) is 23.5 Å². The number of ether oxygens (including phenoxy) is 1. The van der Waals surface area contributed by atoms with Gasteiger partial charge < -0.3 is 9.64 Å². The molecule has 5 nitrogen and oxygen atoms in total. The largest absolute Gasteiger partial charge is 0.451 e. The predicted molar refractivity (Wildman–Crippen MR) is 137 cm³/mol. The summed E-state index contributed by atoms with van der Waals surface area (Å²) in [7, 11) is 4.02. The van der Waals surface area contributed by atoms with Crippen LogP contribution in [-0.2, 0) is 19.1 Å². The molecule has 5 rings (SSSR count). The number of anilines is 1. The number of hydrogen-bond acceptors (Lipinski definition) is 5. The summed E-state index contributed by atoms with van der Waals surface area (Å²) in [5, 5.41) is 0. The number of nitrogens with zero attached hydrogens (tertiary/aromatic N) is 1. The van der Waals surface area contributed by atoms with Crippen LogP contribution in [0.2, 0.25) is 0 Å². The second-order valence-corrected chi connectivity index (χ2v) is 11.5. The van der Waals surface area contributed by atoms with Gasteiger partial charge in [-0.1, -0.05) is 24.6 Å². The molecule has 0 amide bonds. The molecule has 5 atom stereocenters. The zero-order valence-electron chi connectivity index (χ0n) is 21.7. The Morgan fingerprint density at radius 3 is 2.47 bits per heavy atom. The van der Waals surface area contributed by atoms with Crippen LogP contribution in [0.15, 0.2) is 47.1 Å². The molecule has 0 bridgehead atoms. The van der Waals surface area contributed by atoms with Crippen LogP contribution in [-0.4, -0.2) is 43.9 Å². The van der Waals surface area contributed by atoms with E-state index < -0.39 is 29.4 Å². The highest BCUT2D eigenvalue weighted by Crippen LogP contribution is 2.67. The first-order valence-corrected chi connectivity index (χ1v) is 13.1. The minimum Gasteiger partial charge on any atom is -0.451 e. The number of Topliss-reactive ketones (excluding diaryl/α,β-unsaturated/α-hetero) is 1. The molecule has 2 fully saturated rings. The molecule has 0 heterocycles. The third kappa shape index (κ3) is 3.67. The molecule has 0 saturated heterocycles. The molecular formula is C30H36FNO4. The zero-order chi connectivity index (χ0) is 25.8. The SMILES string of the molecule is CC(=O)O[C@@]1(C(=O)CF)CCC2C3CCC4=CC(=O)CCC4=C3C(c3ccc(N(C)C)cc3)C[C@@]21C.